The maximum Gasteiger partial charge on any atom is 0.200 e. The topological polar surface area (TPSA) is 59.2 Å². The number of hydrogen-bond donors (Lipinski definition) is 0. The van der Waals surface area contributed by atoms with Crippen LogP contribution in [0.3, 0.4) is 0 Å². The number of fused-ring (bicyclic) bond motifs is 1. The van der Waals surface area contributed by atoms with Gasteiger partial charge in [0.25, 0.3) is 0 Å². The Morgan fingerprint density at radius 3 is 2.93 bits per heavy atom. The quantitative estimate of drug-likeness (QED) is 0.736. The highest BCUT2D eigenvalue weighted by molar-refractivity contribution is 5.43. The molecule has 0 atom stereocenters. The van der Waals surface area contributed by atoms with Gasteiger partial charge in [-0.15, -0.1) is 14.8 Å². The zero-order chi connectivity index (χ0) is 10.8. The minimum absolute atomic E-state index is 0.598. The third-order valence-corrected chi connectivity index (χ3v) is 2.09. The van der Waals surface area contributed by atoms with Gasteiger partial charge in [0.05, 0.1) is 0 Å². The molecule has 0 aliphatic heterocycles. The Labute approximate surface area is 87.9 Å². The van der Waals surface area contributed by atoms with Gasteiger partial charge in [-0.3, -0.25) is 0 Å². The molecule has 0 unspecified atom stereocenters. The summed E-state index contributed by atoms with van der Waals surface area (Å²) in [6.07, 6.45) is 0. The van der Waals surface area contributed by atoms with Gasteiger partial charge in [-0.25, -0.2) is 0 Å². The van der Waals surface area contributed by atoms with Crippen LogP contribution >= 0.6 is 0 Å². The van der Waals surface area contributed by atoms with Gasteiger partial charge in [-0.1, -0.05) is 13.8 Å². The first-order valence-electron chi connectivity index (χ1n) is 4.93. The lowest BCUT2D eigenvalue weighted by molar-refractivity contribution is 0.626. The maximum atomic E-state index is 4.29. The van der Waals surface area contributed by atoms with Crippen LogP contribution in [0.15, 0.2) is 12.1 Å². The molecule has 2 aromatic rings. The van der Waals surface area contributed by atoms with E-state index >= 15 is 0 Å². The van der Waals surface area contributed by atoms with Gasteiger partial charge in [-0.05, 0) is 28.5 Å². The average Bonchev–Trinajstić information content (AvgIpc) is 2.62. The van der Waals surface area contributed by atoms with Crippen molar-refractivity contribution in [3.05, 3.63) is 12.1 Å². The van der Waals surface area contributed by atoms with Crippen LogP contribution in [-0.2, 0) is 0 Å². The van der Waals surface area contributed by atoms with Crippen molar-refractivity contribution in [1.82, 2.24) is 25.3 Å². The minimum Gasteiger partial charge on any atom is -0.358 e. The lowest BCUT2D eigenvalue weighted by Gasteiger charge is -2.19. The fourth-order valence-electron chi connectivity index (χ4n) is 1.49. The molecule has 0 fully saturated rings. The number of nitrogens with zero attached hydrogens (tertiary/aromatic N) is 6. The molecule has 2 heterocycles. The third kappa shape index (κ3) is 2.03. The second-order valence-electron chi connectivity index (χ2n) is 3.99. The maximum absolute atomic E-state index is 4.29. The van der Waals surface area contributed by atoms with Crippen molar-refractivity contribution < 1.29 is 0 Å². The van der Waals surface area contributed by atoms with Crippen molar-refractivity contribution in [2.24, 2.45) is 5.92 Å². The highest BCUT2D eigenvalue weighted by atomic mass is 15.6. The molecule has 15 heavy (non-hydrogen) atoms. The molecule has 2 rings (SSSR count). The molecule has 0 saturated carbocycles. The average molecular weight is 206 g/mol. The standard InChI is InChI=1S/C9H14N6/c1-7(2)6-14(3)9-5-4-8-10-12-13-15(8)11-9/h4-5,7H,6H2,1-3H3. The Morgan fingerprint density at radius 2 is 2.20 bits per heavy atom. The van der Waals surface area contributed by atoms with E-state index in [0.29, 0.717) is 11.6 Å². The highest BCUT2D eigenvalue weighted by Gasteiger charge is 2.06. The third-order valence-electron chi connectivity index (χ3n) is 2.09. The predicted molar refractivity (Wildman–Crippen MR) is 56.7 cm³/mol. The molecule has 6 heteroatoms. The molecule has 0 aliphatic carbocycles. The molecule has 0 bridgehead atoms. The van der Waals surface area contributed by atoms with E-state index in [1.165, 1.54) is 4.63 Å². The lowest BCUT2D eigenvalue weighted by atomic mass is 10.2. The number of aromatic nitrogens is 5. The van der Waals surface area contributed by atoms with E-state index in [0.717, 1.165) is 12.4 Å². The van der Waals surface area contributed by atoms with Crippen molar-refractivity contribution in [1.29, 1.82) is 0 Å². The summed E-state index contributed by atoms with van der Waals surface area (Å²) in [6.45, 7) is 5.30. The Morgan fingerprint density at radius 1 is 1.40 bits per heavy atom. The molecule has 0 amide bonds. The summed E-state index contributed by atoms with van der Waals surface area (Å²) >= 11 is 0. The van der Waals surface area contributed by atoms with E-state index in [4.69, 9.17) is 0 Å². The first kappa shape index (κ1) is 9.82. The van der Waals surface area contributed by atoms with Crippen LogP contribution in [0.5, 0.6) is 0 Å². The Kier molecular flexibility index (Phi) is 2.49. The molecular weight excluding hydrogens is 192 g/mol. The molecule has 6 nitrogen and oxygen atoms in total. The van der Waals surface area contributed by atoms with E-state index in [1.54, 1.807) is 0 Å². The molecule has 2 aromatic heterocycles. The summed E-state index contributed by atoms with van der Waals surface area (Å²) in [5.74, 6) is 1.48. The van der Waals surface area contributed by atoms with E-state index in [2.05, 4.69) is 39.4 Å². The van der Waals surface area contributed by atoms with Gasteiger partial charge in [0.2, 0.25) is 0 Å². The number of rotatable bonds is 3. The fourth-order valence-corrected chi connectivity index (χ4v) is 1.49. The van der Waals surface area contributed by atoms with Gasteiger partial charge >= 0.3 is 0 Å². The second kappa shape index (κ2) is 3.80. The van der Waals surface area contributed by atoms with Crippen LogP contribution in [-0.4, -0.2) is 38.8 Å². The van der Waals surface area contributed by atoms with Crippen molar-refractivity contribution in [2.75, 3.05) is 18.5 Å². The molecule has 0 radical (unpaired) electrons. The highest BCUT2D eigenvalue weighted by Crippen LogP contribution is 2.10. The Bertz CT molecular complexity index is 449. The van der Waals surface area contributed by atoms with Gasteiger partial charge in [0.15, 0.2) is 11.5 Å². The Hall–Kier alpha value is -1.72. The van der Waals surface area contributed by atoms with Gasteiger partial charge in [-0.2, -0.15) is 0 Å². The second-order valence-corrected chi connectivity index (χ2v) is 3.99. The summed E-state index contributed by atoms with van der Waals surface area (Å²) in [7, 11) is 2.01. The summed E-state index contributed by atoms with van der Waals surface area (Å²) < 4.78 is 1.44. The zero-order valence-corrected chi connectivity index (χ0v) is 9.12. The smallest absolute Gasteiger partial charge is 0.200 e. The number of tetrazole rings is 1. The lowest BCUT2D eigenvalue weighted by Crippen LogP contribution is -2.24. The van der Waals surface area contributed by atoms with Crippen LogP contribution < -0.4 is 4.90 Å². The largest absolute Gasteiger partial charge is 0.358 e. The SMILES string of the molecule is CC(C)CN(C)c1ccc2nnnn2n1. The van der Waals surface area contributed by atoms with Crippen molar-refractivity contribution in [3.8, 4) is 0 Å². The van der Waals surface area contributed by atoms with E-state index in [-0.39, 0.29) is 0 Å². The van der Waals surface area contributed by atoms with Crippen LogP contribution in [0.4, 0.5) is 5.82 Å². The summed E-state index contributed by atoms with van der Waals surface area (Å²) in [6, 6.07) is 3.78. The normalized spacial score (nSPS) is 11.2. The molecule has 80 valence electrons. The van der Waals surface area contributed by atoms with Gasteiger partial charge < -0.3 is 4.90 Å². The first-order chi connectivity index (χ1) is 7.16. The van der Waals surface area contributed by atoms with Crippen LogP contribution in [0.2, 0.25) is 0 Å². The molecule has 0 spiro atoms. The van der Waals surface area contributed by atoms with Gasteiger partial charge in [0, 0.05) is 13.6 Å². The summed E-state index contributed by atoms with van der Waals surface area (Å²) in [5, 5.41) is 15.4. The van der Waals surface area contributed by atoms with Crippen molar-refractivity contribution >= 4 is 11.5 Å². The van der Waals surface area contributed by atoms with E-state index < -0.39 is 0 Å². The van der Waals surface area contributed by atoms with Crippen LogP contribution in [0.1, 0.15) is 13.8 Å². The predicted octanol–water partition coefficient (Wildman–Crippen LogP) is 0.611. The monoisotopic (exact) mass is 206 g/mol. The fraction of sp³-hybridized carbons (Fsp3) is 0.556. The van der Waals surface area contributed by atoms with Crippen molar-refractivity contribution in [3.63, 3.8) is 0 Å². The van der Waals surface area contributed by atoms with Crippen LogP contribution in [0.25, 0.3) is 5.65 Å². The molecule has 0 aromatic carbocycles. The molecule has 0 N–H and O–H groups in total. The molecular formula is C9H14N6. The number of anilines is 1. The van der Waals surface area contributed by atoms with E-state index in [9.17, 15) is 0 Å². The van der Waals surface area contributed by atoms with Crippen LogP contribution in [0, 0.1) is 5.92 Å². The summed E-state index contributed by atoms with van der Waals surface area (Å²) in [4.78, 5) is 2.09. The molecule has 0 saturated heterocycles. The Balaban J connectivity index is 2.27. The van der Waals surface area contributed by atoms with E-state index in [1.807, 2.05) is 19.2 Å². The first-order valence-corrected chi connectivity index (χ1v) is 4.93. The summed E-state index contributed by atoms with van der Waals surface area (Å²) in [5.41, 5.74) is 0.664. The minimum atomic E-state index is 0.598. The zero-order valence-electron chi connectivity index (χ0n) is 9.12. The molecule has 0 aliphatic rings. The van der Waals surface area contributed by atoms with Gasteiger partial charge in [0.1, 0.15) is 0 Å². The van der Waals surface area contributed by atoms with Crippen molar-refractivity contribution in [2.45, 2.75) is 13.8 Å². The number of hydrogen-bond acceptors (Lipinski definition) is 5.